The van der Waals surface area contributed by atoms with Crippen LogP contribution in [0.5, 0.6) is 0 Å². The molecule has 0 aromatic carbocycles. The smallest absolute Gasteiger partial charge is 0.428 e. The molecule has 1 aliphatic heterocycles. The maximum absolute atomic E-state index is 11.6. The van der Waals surface area contributed by atoms with E-state index >= 15 is 0 Å². The first kappa shape index (κ1) is 10.8. The summed E-state index contributed by atoms with van der Waals surface area (Å²) in [6.07, 6.45) is -5.32. The number of rotatable bonds is 3. The van der Waals surface area contributed by atoms with Crippen LogP contribution in [-0.4, -0.2) is 31.8 Å². The van der Waals surface area contributed by atoms with Crippen LogP contribution < -0.4 is 0 Å². The van der Waals surface area contributed by atoms with Gasteiger partial charge in [-0.3, -0.25) is 0 Å². The summed E-state index contributed by atoms with van der Waals surface area (Å²) in [4.78, 5) is 10.3. The number of halogens is 3. The molecule has 0 aromatic rings. The molecule has 4 nitrogen and oxygen atoms in total. The predicted octanol–water partition coefficient (Wildman–Crippen LogP) is 1.61. The van der Waals surface area contributed by atoms with E-state index in [9.17, 15) is 18.0 Å². The first-order valence-electron chi connectivity index (χ1n) is 3.67. The Morgan fingerprint density at radius 1 is 1.57 bits per heavy atom. The van der Waals surface area contributed by atoms with Gasteiger partial charge in [0.15, 0.2) is 6.61 Å². The summed E-state index contributed by atoms with van der Waals surface area (Å²) in [6.45, 7) is -0.389. The normalized spacial score (nSPS) is 22.5. The molecule has 0 aliphatic carbocycles. The van der Waals surface area contributed by atoms with Crippen molar-refractivity contribution in [2.24, 2.45) is 0 Å². The molecule has 1 aliphatic rings. The zero-order chi connectivity index (χ0) is 10.6. The SMILES string of the molecule is O=C1OCC(OC/C=C\C(F)(F)F)O1. The molecular weight excluding hydrogens is 205 g/mol. The molecule has 1 rings (SSSR count). The van der Waals surface area contributed by atoms with E-state index in [2.05, 4.69) is 9.47 Å². The predicted molar refractivity (Wildman–Crippen MR) is 37.4 cm³/mol. The van der Waals surface area contributed by atoms with Gasteiger partial charge in [0.05, 0.1) is 6.61 Å². The van der Waals surface area contributed by atoms with Crippen molar-refractivity contribution in [2.45, 2.75) is 12.5 Å². The number of cyclic esters (lactones) is 2. The lowest BCUT2D eigenvalue weighted by atomic mass is 10.5. The van der Waals surface area contributed by atoms with Gasteiger partial charge in [0.25, 0.3) is 0 Å². The largest absolute Gasteiger partial charge is 0.510 e. The number of hydrogen-bond acceptors (Lipinski definition) is 4. The van der Waals surface area contributed by atoms with Gasteiger partial charge in [-0.2, -0.15) is 13.2 Å². The minimum atomic E-state index is -4.35. The van der Waals surface area contributed by atoms with E-state index in [0.29, 0.717) is 0 Å². The topological polar surface area (TPSA) is 44.8 Å². The quantitative estimate of drug-likeness (QED) is 0.526. The van der Waals surface area contributed by atoms with E-state index in [1.165, 1.54) is 0 Å². The second kappa shape index (κ2) is 4.32. The Morgan fingerprint density at radius 2 is 2.29 bits per heavy atom. The highest BCUT2D eigenvalue weighted by molar-refractivity contribution is 5.61. The van der Waals surface area contributed by atoms with Gasteiger partial charge in [0.2, 0.25) is 6.29 Å². The lowest BCUT2D eigenvalue weighted by Crippen LogP contribution is -2.15. The molecule has 0 N–H and O–H groups in total. The van der Waals surface area contributed by atoms with E-state index in [1.54, 1.807) is 0 Å². The van der Waals surface area contributed by atoms with Gasteiger partial charge in [-0.15, -0.1) is 0 Å². The van der Waals surface area contributed by atoms with Crippen LogP contribution in [0.3, 0.4) is 0 Å². The molecule has 1 atom stereocenters. The highest BCUT2D eigenvalue weighted by Gasteiger charge is 2.25. The summed E-state index contributed by atoms with van der Waals surface area (Å²) in [5.41, 5.74) is 0. The van der Waals surface area contributed by atoms with Gasteiger partial charge in [0, 0.05) is 6.08 Å². The van der Waals surface area contributed by atoms with Gasteiger partial charge >= 0.3 is 12.3 Å². The Bertz CT molecular complexity index is 236. The molecule has 0 bridgehead atoms. The summed E-state index contributed by atoms with van der Waals surface area (Å²) in [5.74, 6) is 0. The standard InChI is InChI=1S/C7H7F3O4/c8-7(9,10)2-1-3-12-5-4-13-6(11)14-5/h1-2,5H,3-4H2/b2-1-. The van der Waals surface area contributed by atoms with Crippen molar-refractivity contribution in [2.75, 3.05) is 13.2 Å². The molecule has 1 fully saturated rings. The molecular formula is C7H7F3O4. The number of allylic oxidation sites excluding steroid dienone is 1. The van der Waals surface area contributed by atoms with E-state index in [0.717, 1.165) is 6.08 Å². The molecule has 0 amide bonds. The van der Waals surface area contributed by atoms with Crippen molar-refractivity contribution in [1.82, 2.24) is 0 Å². The van der Waals surface area contributed by atoms with Gasteiger partial charge in [0.1, 0.15) is 0 Å². The molecule has 0 radical (unpaired) electrons. The summed E-state index contributed by atoms with van der Waals surface area (Å²) >= 11 is 0. The van der Waals surface area contributed by atoms with E-state index in [4.69, 9.17) is 4.74 Å². The number of ether oxygens (including phenoxy) is 3. The van der Waals surface area contributed by atoms with Crippen LogP contribution in [0, 0.1) is 0 Å². The average molecular weight is 212 g/mol. The number of carbonyl (C=O) groups is 1. The Hall–Kier alpha value is -1.24. The Morgan fingerprint density at radius 3 is 2.79 bits per heavy atom. The second-order valence-corrected chi connectivity index (χ2v) is 2.39. The third kappa shape index (κ3) is 4.13. The Labute approximate surface area is 77.2 Å². The minimum absolute atomic E-state index is 0.0463. The fourth-order valence-electron chi connectivity index (χ4n) is 0.738. The van der Waals surface area contributed by atoms with Crippen molar-refractivity contribution in [3.8, 4) is 0 Å². The van der Waals surface area contributed by atoms with Crippen molar-refractivity contribution in [3.63, 3.8) is 0 Å². The fourth-order valence-corrected chi connectivity index (χ4v) is 0.738. The first-order chi connectivity index (χ1) is 6.47. The fraction of sp³-hybridized carbons (Fsp3) is 0.571. The van der Waals surface area contributed by atoms with Crippen molar-refractivity contribution < 1.29 is 32.2 Å². The van der Waals surface area contributed by atoms with Crippen molar-refractivity contribution in [1.29, 1.82) is 0 Å². The number of carbonyl (C=O) groups excluding carboxylic acids is 1. The van der Waals surface area contributed by atoms with Crippen molar-refractivity contribution >= 4 is 6.16 Å². The maximum atomic E-state index is 11.6. The maximum Gasteiger partial charge on any atom is 0.510 e. The molecule has 80 valence electrons. The lowest BCUT2D eigenvalue weighted by Gasteiger charge is -2.05. The van der Waals surface area contributed by atoms with Crippen LogP contribution in [0.4, 0.5) is 18.0 Å². The Balaban J connectivity index is 2.16. The molecule has 14 heavy (non-hydrogen) atoms. The van der Waals surface area contributed by atoms with Gasteiger partial charge in [-0.05, 0) is 0 Å². The summed E-state index contributed by atoms with van der Waals surface area (Å²) in [6, 6.07) is 0. The number of hydrogen-bond donors (Lipinski definition) is 0. The molecule has 1 saturated heterocycles. The van der Waals surface area contributed by atoms with Crippen LogP contribution in [0.15, 0.2) is 12.2 Å². The average Bonchev–Trinajstić information content (AvgIpc) is 2.44. The monoisotopic (exact) mass is 212 g/mol. The number of alkyl halides is 3. The van der Waals surface area contributed by atoms with Gasteiger partial charge in [-0.1, -0.05) is 6.08 Å². The van der Waals surface area contributed by atoms with Gasteiger partial charge < -0.3 is 14.2 Å². The molecule has 0 saturated carbocycles. The zero-order valence-electron chi connectivity index (χ0n) is 6.91. The molecule has 0 aromatic heterocycles. The van der Waals surface area contributed by atoms with Crippen LogP contribution in [0.2, 0.25) is 0 Å². The highest BCUT2D eigenvalue weighted by atomic mass is 19.4. The third-order valence-electron chi connectivity index (χ3n) is 1.25. The molecule has 1 unspecified atom stereocenters. The van der Waals surface area contributed by atoms with Crippen LogP contribution in [-0.2, 0) is 14.2 Å². The van der Waals surface area contributed by atoms with Crippen LogP contribution in [0.1, 0.15) is 0 Å². The van der Waals surface area contributed by atoms with E-state index in [-0.39, 0.29) is 19.3 Å². The van der Waals surface area contributed by atoms with Crippen LogP contribution >= 0.6 is 0 Å². The zero-order valence-corrected chi connectivity index (χ0v) is 6.91. The van der Waals surface area contributed by atoms with E-state index in [1.807, 2.05) is 0 Å². The summed E-state index contributed by atoms with van der Waals surface area (Å²) < 4.78 is 48.1. The highest BCUT2D eigenvalue weighted by Crippen LogP contribution is 2.15. The first-order valence-corrected chi connectivity index (χ1v) is 3.67. The van der Waals surface area contributed by atoms with E-state index < -0.39 is 18.6 Å². The molecule has 1 heterocycles. The molecule has 7 heteroatoms. The minimum Gasteiger partial charge on any atom is -0.428 e. The van der Waals surface area contributed by atoms with Crippen LogP contribution in [0.25, 0.3) is 0 Å². The Kier molecular flexibility index (Phi) is 3.34. The lowest BCUT2D eigenvalue weighted by molar-refractivity contribution is -0.0838. The van der Waals surface area contributed by atoms with Crippen molar-refractivity contribution in [3.05, 3.63) is 12.2 Å². The van der Waals surface area contributed by atoms with Gasteiger partial charge in [-0.25, -0.2) is 4.79 Å². The summed E-state index contributed by atoms with van der Waals surface area (Å²) in [5, 5.41) is 0. The summed E-state index contributed by atoms with van der Waals surface area (Å²) in [7, 11) is 0. The molecule has 0 spiro atoms. The second-order valence-electron chi connectivity index (χ2n) is 2.39. The third-order valence-corrected chi connectivity index (χ3v) is 1.25.